The third kappa shape index (κ3) is 3.28. The van der Waals surface area contributed by atoms with Crippen LogP contribution in [-0.2, 0) is 9.47 Å². The summed E-state index contributed by atoms with van der Waals surface area (Å²) < 4.78 is 10.6. The summed E-state index contributed by atoms with van der Waals surface area (Å²) in [5, 5.41) is 9.41. The first-order valence-electron chi connectivity index (χ1n) is 6.88. The van der Waals surface area contributed by atoms with Gasteiger partial charge in [-0.25, -0.2) is 4.79 Å². The molecule has 1 aliphatic rings. The zero-order valence-corrected chi connectivity index (χ0v) is 12.6. The molecule has 1 unspecified atom stereocenters. The molecule has 1 aromatic rings. The molecule has 0 aliphatic carbocycles. The molecule has 0 spiro atoms. The van der Waals surface area contributed by atoms with Gasteiger partial charge in [0.1, 0.15) is 0 Å². The predicted octanol–water partition coefficient (Wildman–Crippen LogP) is 1.03. The number of nitrogen functional groups attached to an aromatic ring is 1. The van der Waals surface area contributed by atoms with Gasteiger partial charge in [-0.1, -0.05) is 6.07 Å². The lowest BCUT2D eigenvalue weighted by atomic mass is 10.0. The lowest BCUT2D eigenvalue weighted by Crippen LogP contribution is -2.54. The van der Waals surface area contributed by atoms with Crippen molar-refractivity contribution in [3.63, 3.8) is 0 Å². The van der Waals surface area contributed by atoms with E-state index in [-0.39, 0.29) is 12.7 Å². The van der Waals surface area contributed by atoms with Crippen LogP contribution >= 0.6 is 0 Å². The highest BCUT2D eigenvalue weighted by molar-refractivity contribution is 5.99. The number of benzene rings is 1. The minimum atomic E-state index is -0.443. The summed E-state index contributed by atoms with van der Waals surface area (Å²) in [6.07, 6.45) is -0.321. The van der Waals surface area contributed by atoms with Crippen molar-refractivity contribution >= 4 is 17.3 Å². The van der Waals surface area contributed by atoms with E-state index in [4.69, 9.17) is 15.2 Å². The van der Waals surface area contributed by atoms with Gasteiger partial charge in [0.05, 0.1) is 42.4 Å². The Hall–Kier alpha value is -1.79. The van der Waals surface area contributed by atoms with Crippen LogP contribution < -0.4 is 10.6 Å². The molecule has 1 saturated heterocycles. The smallest absolute Gasteiger partial charge is 0.340 e. The number of esters is 1. The number of morpholine rings is 1. The SMILES string of the molecule is COC(=O)c1cccc(N)c1N1CC(CO)OC(C)(C)C1. The summed E-state index contributed by atoms with van der Waals surface area (Å²) in [6, 6.07) is 5.16. The highest BCUT2D eigenvalue weighted by Crippen LogP contribution is 2.33. The second kappa shape index (κ2) is 5.91. The molecule has 2 rings (SSSR count). The predicted molar refractivity (Wildman–Crippen MR) is 80.4 cm³/mol. The molecule has 0 saturated carbocycles. The van der Waals surface area contributed by atoms with Crippen LogP contribution in [0.4, 0.5) is 11.4 Å². The summed E-state index contributed by atoms with van der Waals surface area (Å²) in [7, 11) is 1.34. The van der Waals surface area contributed by atoms with Gasteiger partial charge in [-0.05, 0) is 26.0 Å². The fourth-order valence-corrected chi connectivity index (χ4v) is 2.75. The Morgan fingerprint density at radius 3 is 2.90 bits per heavy atom. The second-order valence-corrected chi connectivity index (χ2v) is 5.80. The maximum atomic E-state index is 12.0. The maximum absolute atomic E-state index is 12.0. The van der Waals surface area contributed by atoms with Gasteiger partial charge in [-0.3, -0.25) is 0 Å². The Kier molecular flexibility index (Phi) is 4.39. The zero-order chi connectivity index (χ0) is 15.6. The number of carbonyl (C=O) groups excluding carboxylic acids is 1. The molecule has 6 heteroatoms. The fourth-order valence-electron chi connectivity index (χ4n) is 2.75. The molecule has 0 amide bonds. The molecule has 1 atom stereocenters. The highest BCUT2D eigenvalue weighted by Gasteiger charge is 2.35. The number of carbonyl (C=O) groups is 1. The van der Waals surface area contributed by atoms with Crippen LogP contribution in [0.2, 0.25) is 0 Å². The second-order valence-electron chi connectivity index (χ2n) is 5.80. The van der Waals surface area contributed by atoms with Crippen LogP contribution in [-0.4, -0.2) is 49.6 Å². The van der Waals surface area contributed by atoms with Crippen molar-refractivity contribution < 1.29 is 19.4 Å². The summed E-state index contributed by atoms with van der Waals surface area (Å²) in [5.74, 6) is -0.429. The lowest BCUT2D eigenvalue weighted by Gasteiger charge is -2.44. The van der Waals surface area contributed by atoms with Crippen molar-refractivity contribution in [3.8, 4) is 0 Å². The van der Waals surface area contributed by atoms with E-state index in [9.17, 15) is 9.90 Å². The van der Waals surface area contributed by atoms with E-state index in [1.807, 2.05) is 18.7 Å². The van der Waals surface area contributed by atoms with E-state index in [2.05, 4.69) is 0 Å². The Bertz CT molecular complexity index is 530. The molecule has 116 valence electrons. The number of hydrogen-bond acceptors (Lipinski definition) is 6. The first kappa shape index (κ1) is 15.6. The van der Waals surface area contributed by atoms with Crippen LogP contribution in [0.3, 0.4) is 0 Å². The van der Waals surface area contributed by atoms with Crippen molar-refractivity contribution in [1.82, 2.24) is 0 Å². The third-order valence-electron chi connectivity index (χ3n) is 3.47. The minimum Gasteiger partial charge on any atom is -0.465 e. The van der Waals surface area contributed by atoms with Crippen LogP contribution in [0, 0.1) is 0 Å². The van der Waals surface area contributed by atoms with Gasteiger partial charge in [0.25, 0.3) is 0 Å². The van der Waals surface area contributed by atoms with E-state index in [1.165, 1.54) is 7.11 Å². The van der Waals surface area contributed by atoms with Crippen molar-refractivity contribution in [2.24, 2.45) is 0 Å². The number of ether oxygens (including phenoxy) is 2. The van der Waals surface area contributed by atoms with E-state index < -0.39 is 11.6 Å². The molecular formula is C15H22N2O4. The summed E-state index contributed by atoms with van der Waals surface area (Å²) in [5.41, 5.74) is 7.19. The molecule has 0 radical (unpaired) electrons. The van der Waals surface area contributed by atoms with Crippen LogP contribution in [0.15, 0.2) is 18.2 Å². The molecule has 21 heavy (non-hydrogen) atoms. The number of nitrogens with two attached hydrogens (primary N) is 1. The molecule has 6 nitrogen and oxygen atoms in total. The van der Waals surface area contributed by atoms with E-state index in [0.717, 1.165) is 0 Å². The third-order valence-corrected chi connectivity index (χ3v) is 3.47. The molecule has 0 aromatic heterocycles. The van der Waals surface area contributed by atoms with Gasteiger partial charge in [-0.2, -0.15) is 0 Å². The van der Waals surface area contributed by atoms with Gasteiger partial charge < -0.3 is 25.2 Å². The first-order chi connectivity index (χ1) is 9.88. The van der Waals surface area contributed by atoms with Gasteiger partial charge in [0.15, 0.2) is 0 Å². The van der Waals surface area contributed by atoms with Crippen LogP contribution in [0.25, 0.3) is 0 Å². The molecule has 3 N–H and O–H groups in total. The summed E-state index contributed by atoms with van der Waals surface area (Å²) in [4.78, 5) is 13.9. The van der Waals surface area contributed by atoms with Crippen molar-refractivity contribution in [2.45, 2.75) is 25.6 Å². The first-order valence-corrected chi connectivity index (χ1v) is 6.88. The van der Waals surface area contributed by atoms with Gasteiger partial charge >= 0.3 is 5.97 Å². The number of rotatable bonds is 3. The van der Waals surface area contributed by atoms with Gasteiger partial charge in [0, 0.05) is 13.1 Å². The van der Waals surface area contributed by atoms with E-state index >= 15 is 0 Å². The maximum Gasteiger partial charge on any atom is 0.340 e. The Balaban J connectivity index is 2.42. The van der Waals surface area contributed by atoms with Gasteiger partial charge in [-0.15, -0.1) is 0 Å². The molecule has 0 bridgehead atoms. The summed E-state index contributed by atoms with van der Waals surface area (Å²) in [6.45, 7) is 4.84. The molecule has 1 aliphatic heterocycles. The number of aliphatic hydroxyl groups excluding tert-OH is 1. The normalized spacial score (nSPS) is 21.1. The Labute approximate surface area is 124 Å². The Morgan fingerprint density at radius 1 is 1.57 bits per heavy atom. The van der Waals surface area contributed by atoms with Gasteiger partial charge in [0.2, 0.25) is 0 Å². The number of aliphatic hydroxyl groups is 1. The number of anilines is 2. The van der Waals surface area contributed by atoms with Crippen molar-refractivity contribution in [1.29, 1.82) is 0 Å². The molecule has 1 heterocycles. The van der Waals surface area contributed by atoms with Crippen molar-refractivity contribution in [2.75, 3.05) is 37.4 Å². The fraction of sp³-hybridized carbons (Fsp3) is 0.533. The molecule has 1 aromatic carbocycles. The quantitative estimate of drug-likeness (QED) is 0.640. The topological polar surface area (TPSA) is 85.0 Å². The standard InChI is InChI=1S/C15H22N2O4/c1-15(2)9-17(7-10(8-18)21-15)13-11(14(19)20-3)5-4-6-12(13)16/h4-6,10,18H,7-9,16H2,1-3H3. The number of methoxy groups -OCH3 is 1. The molecule has 1 fully saturated rings. The Morgan fingerprint density at radius 2 is 2.29 bits per heavy atom. The average molecular weight is 294 g/mol. The van der Waals surface area contributed by atoms with E-state index in [1.54, 1.807) is 18.2 Å². The average Bonchev–Trinajstić information content (AvgIpc) is 2.44. The molecular weight excluding hydrogens is 272 g/mol. The number of para-hydroxylation sites is 1. The summed E-state index contributed by atoms with van der Waals surface area (Å²) >= 11 is 0. The van der Waals surface area contributed by atoms with E-state index in [0.29, 0.717) is 30.0 Å². The zero-order valence-electron chi connectivity index (χ0n) is 12.6. The van der Waals surface area contributed by atoms with Crippen LogP contribution in [0.5, 0.6) is 0 Å². The number of nitrogens with zero attached hydrogens (tertiary/aromatic N) is 1. The lowest BCUT2D eigenvalue weighted by molar-refractivity contribution is -0.101. The number of hydrogen-bond donors (Lipinski definition) is 2. The van der Waals surface area contributed by atoms with Crippen molar-refractivity contribution in [3.05, 3.63) is 23.8 Å². The highest BCUT2D eigenvalue weighted by atomic mass is 16.5. The monoisotopic (exact) mass is 294 g/mol. The minimum absolute atomic E-state index is 0.0831. The van der Waals surface area contributed by atoms with Crippen LogP contribution in [0.1, 0.15) is 24.2 Å². The largest absolute Gasteiger partial charge is 0.465 e.